The average molecular weight is 395 g/mol. The highest BCUT2D eigenvalue weighted by Gasteiger charge is 2.59. The van der Waals surface area contributed by atoms with E-state index in [0.29, 0.717) is 35.8 Å². The Morgan fingerprint density at radius 3 is 2.66 bits per heavy atom. The quantitative estimate of drug-likeness (QED) is 0.712. The van der Waals surface area contributed by atoms with Crippen molar-refractivity contribution >= 4 is 0 Å². The summed E-state index contributed by atoms with van der Waals surface area (Å²) in [6.45, 7) is 1.98. The summed E-state index contributed by atoms with van der Waals surface area (Å²) in [5, 5.41) is 21.0. The smallest absolute Gasteiger partial charge is 0.115 e. The van der Waals surface area contributed by atoms with E-state index in [0.717, 1.165) is 25.7 Å². The first kappa shape index (κ1) is 19.1. The van der Waals surface area contributed by atoms with E-state index in [1.807, 2.05) is 12.1 Å². The molecule has 0 spiro atoms. The normalized spacial score (nSPS) is 38.2. The van der Waals surface area contributed by atoms with Crippen LogP contribution in [0, 0.1) is 23.2 Å². The maximum Gasteiger partial charge on any atom is 0.115 e. The van der Waals surface area contributed by atoms with Crippen molar-refractivity contribution < 1.29 is 14.6 Å². The summed E-state index contributed by atoms with van der Waals surface area (Å²) in [7, 11) is 0. The van der Waals surface area contributed by atoms with Crippen LogP contribution in [0.1, 0.15) is 61.1 Å². The summed E-state index contributed by atoms with van der Waals surface area (Å²) in [6.07, 6.45) is 3.97. The fourth-order valence-electron chi connectivity index (χ4n) is 7.40. The van der Waals surface area contributed by atoms with Crippen LogP contribution in [0.5, 0.6) is 5.75 Å². The average Bonchev–Trinajstić information content (AvgIpc) is 2.97. The Morgan fingerprint density at radius 2 is 1.90 bits per heavy atom. The minimum absolute atomic E-state index is 0.0441. The molecule has 2 nitrogen and oxygen atoms in total. The lowest BCUT2D eigenvalue weighted by Gasteiger charge is -2.53. The molecule has 0 aromatic heterocycles. The molecule has 154 valence electrons. The Hall–Kier alpha value is -1.87. The number of hydrogen-bond donors (Lipinski definition) is 2. The van der Waals surface area contributed by atoms with Crippen LogP contribution in [0.3, 0.4) is 0 Å². The Balaban J connectivity index is 1.65. The molecule has 2 aromatic rings. The molecule has 2 aromatic carbocycles. The zero-order chi connectivity index (χ0) is 20.2. The van der Waals surface area contributed by atoms with E-state index >= 15 is 0 Å². The number of phenolic OH excluding ortho intramolecular Hbond substituents is 1. The van der Waals surface area contributed by atoms with Crippen molar-refractivity contribution in [1.29, 1.82) is 0 Å². The lowest BCUT2D eigenvalue weighted by atomic mass is 9.50. The Morgan fingerprint density at radius 1 is 1.10 bits per heavy atom. The molecule has 3 aliphatic rings. The van der Waals surface area contributed by atoms with E-state index in [1.54, 1.807) is 0 Å². The summed E-state index contributed by atoms with van der Waals surface area (Å²) in [6, 6.07) is 16.6. The largest absolute Gasteiger partial charge is 0.508 e. The van der Waals surface area contributed by atoms with Crippen LogP contribution in [0.15, 0.2) is 48.5 Å². The first-order valence-corrected chi connectivity index (χ1v) is 11.1. The van der Waals surface area contributed by atoms with E-state index in [-0.39, 0.29) is 18.0 Å². The van der Waals surface area contributed by atoms with Gasteiger partial charge >= 0.3 is 0 Å². The van der Waals surface area contributed by atoms with Gasteiger partial charge in [0.25, 0.3) is 0 Å². The number of alkyl halides is 1. The fourth-order valence-corrected chi connectivity index (χ4v) is 7.40. The number of aliphatic hydroxyl groups excluding tert-OH is 1. The molecular weight excluding hydrogens is 363 g/mol. The van der Waals surface area contributed by atoms with Gasteiger partial charge in [-0.15, -0.1) is 0 Å². The third-order valence-electron chi connectivity index (χ3n) is 8.44. The van der Waals surface area contributed by atoms with Crippen molar-refractivity contribution in [2.75, 3.05) is 6.67 Å². The minimum atomic E-state index is -0.392. The van der Waals surface area contributed by atoms with Crippen LogP contribution < -0.4 is 0 Å². The number of hydrogen-bond acceptors (Lipinski definition) is 2. The van der Waals surface area contributed by atoms with Gasteiger partial charge in [-0.1, -0.05) is 43.3 Å². The fraction of sp³-hybridized carbons (Fsp3) is 0.538. The molecule has 0 amide bonds. The lowest BCUT2D eigenvalue weighted by Crippen LogP contribution is -2.45. The predicted molar refractivity (Wildman–Crippen MR) is 113 cm³/mol. The maximum absolute atomic E-state index is 13.5. The van der Waals surface area contributed by atoms with Crippen LogP contribution in [0.2, 0.25) is 0 Å². The topological polar surface area (TPSA) is 40.5 Å². The summed E-state index contributed by atoms with van der Waals surface area (Å²) in [5.74, 6) is 1.87. The van der Waals surface area contributed by atoms with E-state index in [4.69, 9.17) is 0 Å². The highest BCUT2D eigenvalue weighted by atomic mass is 19.1. The highest BCUT2D eigenvalue weighted by molar-refractivity contribution is 5.43. The molecule has 29 heavy (non-hydrogen) atoms. The third-order valence-corrected chi connectivity index (χ3v) is 8.44. The van der Waals surface area contributed by atoms with Crippen LogP contribution in [-0.4, -0.2) is 23.0 Å². The zero-order valence-electron chi connectivity index (χ0n) is 17.1. The molecule has 0 unspecified atom stereocenters. The monoisotopic (exact) mass is 394 g/mol. The maximum atomic E-state index is 13.5. The SMILES string of the molecule is C[C@]12CC[C@@H]3c4ccc(O)cc4C[C@@H](c4ccccc4)[C@H]3[C@@H]1[C@H](CCF)[C@@H](O)C2. The first-order valence-electron chi connectivity index (χ1n) is 11.1. The Kier molecular flexibility index (Phi) is 4.70. The molecule has 7 atom stereocenters. The van der Waals surface area contributed by atoms with Crippen molar-refractivity contribution in [3.8, 4) is 5.75 Å². The third kappa shape index (κ3) is 3.01. The van der Waals surface area contributed by atoms with Crippen molar-refractivity contribution in [1.82, 2.24) is 0 Å². The Labute approximate surface area is 172 Å². The predicted octanol–water partition coefficient (Wildman–Crippen LogP) is 5.59. The number of aromatic hydroxyl groups is 1. The first-order chi connectivity index (χ1) is 14.0. The van der Waals surface area contributed by atoms with E-state index in [2.05, 4.69) is 43.3 Å². The number of benzene rings is 2. The molecule has 2 fully saturated rings. The zero-order valence-corrected chi connectivity index (χ0v) is 17.1. The standard InChI is InChI=1S/C26H31FO2/c1-26-11-9-20-19-8-7-18(28)13-17(19)14-22(16-5-3-2-4-6-16)24(20)25(26)21(10-12-27)23(29)15-26/h2-8,13,20-25,28-29H,9-12,14-15H2,1H3/t20-,21-,22+,23+,24+,25+,26-/m1/s1. The van der Waals surface area contributed by atoms with Crippen LogP contribution in [0.25, 0.3) is 0 Å². The number of fused-ring (bicyclic) bond motifs is 5. The highest BCUT2D eigenvalue weighted by Crippen LogP contribution is 2.65. The molecular formula is C26H31FO2. The molecule has 2 saturated carbocycles. The Bertz CT molecular complexity index is 882. The van der Waals surface area contributed by atoms with Crippen molar-refractivity contribution in [3.05, 3.63) is 65.2 Å². The van der Waals surface area contributed by atoms with Gasteiger partial charge in [0.15, 0.2) is 0 Å². The van der Waals surface area contributed by atoms with Gasteiger partial charge < -0.3 is 10.2 Å². The minimum Gasteiger partial charge on any atom is -0.508 e. The van der Waals surface area contributed by atoms with Gasteiger partial charge in [0, 0.05) is 0 Å². The van der Waals surface area contributed by atoms with E-state index in [1.165, 1.54) is 16.7 Å². The molecule has 2 N–H and O–H groups in total. The van der Waals surface area contributed by atoms with Gasteiger partial charge in [0.2, 0.25) is 0 Å². The number of aliphatic hydroxyl groups is 1. The van der Waals surface area contributed by atoms with Crippen molar-refractivity contribution in [2.24, 2.45) is 23.2 Å². The molecule has 0 bridgehead atoms. The van der Waals surface area contributed by atoms with Crippen molar-refractivity contribution in [3.63, 3.8) is 0 Å². The molecule has 0 radical (unpaired) electrons. The van der Waals surface area contributed by atoms with Crippen LogP contribution in [-0.2, 0) is 6.42 Å². The second-order valence-electron chi connectivity index (χ2n) is 9.92. The molecule has 0 aliphatic heterocycles. The molecule has 3 aliphatic carbocycles. The van der Waals surface area contributed by atoms with E-state index < -0.39 is 6.10 Å². The number of halogens is 1. The molecule has 3 heteroatoms. The number of rotatable bonds is 3. The summed E-state index contributed by atoms with van der Waals surface area (Å²) in [4.78, 5) is 0. The van der Waals surface area contributed by atoms with Gasteiger partial charge in [-0.2, -0.15) is 0 Å². The lowest BCUT2D eigenvalue weighted by molar-refractivity contribution is 0.0132. The summed E-state index contributed by atoms with van der Waals surface area (Å²) >= 11 is 0. The van der Waals surface area contributed by atoms with Crippen LogP contribution >= 0.6 is 0 Å². The molecule has 0 heterocycles. The molecule has 5 rings (SSSR count). The van der Waals surface area contributed by atoms with Gasteiger partial charge in [-0.25, -0.2) is 0 Å². The second kappa shape index (κ2) is 7.12. The van der Waals surface area contributed by atoms with Gasteiger partial charge in [-0.3, -0.25) is 4.39 Å². The number of phenols is 1. The second-order valence-corrected chi connectivity index (χ2v) is 9.92. The van der Waals surface area contributed by atoms with Gasteiger partial charge in [0.05, 0.1) is 12.8 Å². The summed E-state index contributed by atoms with van der Waals surface area (Å²) < 4.78 is 13.5. The van der Waals surface area contributed by atoms with Crippen LogP contribution in [0.4, 0.5) is 4.39 Å². The molecule has 0 saturated heterocycles. The van der Waals surface area contributed by atoms with Gasteiger partial charge in [-0.05, 0) is 95.9 Å². The summed E-state index contributed by atoms with van der Waals surface area (Å²) in [5.41, 5.74) is 4.04. The van der Waals surface area contributed by atoms with Gasteiger partial charge in [0.1, 0.15) is 5.75 Å². The van der Waals surface area contributed by atoms with E-state index in [9.17, 15) is 14.6 Å². The van der Waals surface area contributed by atoms with Crippen molar-refractivity contribution in [2.45, 2.75) is 57.0 Å².